The van der Waals surface area contributed by atoms with Crippen LogP contribution in [0.4, 0.5) is 10.5 Å². The van der Waals surface area contributed by atoms with Crippen molar-refractivity contribution in [2.45, 2.75) is 39.4 Å². The van der Waals surface area contributed by atoms with Crippen molar-refractivity contribution in [1.29, 1.82) is 0 Å². The van der Waals surface area contributed by atoms with E-state index in [0.717, 1.165) is 16.7 Å². The molecule has 0 unspecified atom stereocenters. The van der Waals surface area contributed by atoms with Crippen molar-refractivity contribution >= 4 is 27.5 Å². The number of rotatable bonds is 6. The van der Waals surface area contributed by atoms with Crippen LogP contribution in [0.15, 0.2) is 48.5 Å². The molecule has 2 fully saturated rings. The quantitative estimate of drug-likeness (QED) is 0.628. The summed E-state index contributed by atoms with van der Waals surface area (Å²) < 4.78 is 24.9. The average molecular weight is 456 g/mol. The molecule has 0 spiro atoms. The van der Waals surface area contributed by atoms with Crippen LogP contribution in [0.1, 0.15) is 23.6 Å². The Hall–Kier alpha value is -2.87. The number of hydrogen-bond acceptors (Lipinski definition) is 4. The normalized spacial score (nSPS) is 21.7. The van der Waals surface area contributed by atoms with E-state index in [2.05, 4.69) is 0 Å². The first-order valence-corrected chi connectivity index (χ1v) is 12.7. The smallest absolute Gasteiger partial charge is 0.325 e. The van der Waals surface area contributed by atoms with E-state index in [9.17, 15) is 18.0 Å². The third-order valence-electron chi connectivity index (χ3n) is 6.22. The number of urea groups is 1. The topological polar surface area (TPSA) is 78.0 Å². The molecule has 0 bridgehead atoms. The van der Waals surface area contributed by atoms with Gasteiger partial charge in [-0.1, -0.05) is 36.4 Å². The fourth-order valence-corrected chi connectivity index (χ4v) is 6.73. The maximum atomic E-state index is 13.4. The zero-order chi connectivity index (χ0) is 23.0. The highest BCUT2D eigenvalue weighted by Crippen LogP contribution is 2.35. The fraction of sp³-hybridized carbons (Fsp3) is 0.417. The summed E-state index contributed by atoms with van der Waals surface area (Å²) in [6.07, 6.45) is 0. The van der Waals surface area contributed by atoms with Crippen molar-refractivity contribution in [2.24, 2.45) is 0 Å². The summed E-state index contributed by atoms with van der Waals surface area (Å²) in [5.41, 5.74) is 3.69. The number of likely N-dealkylation sites (N-methyl/N-ethyl adjacent to an activating group) is 1. The summed E-state index contributed by atoms with van der Waals surface area (Å²) in [5.74, 6) is -0.374. The van der Waals surface area contributed by atoms with Gasteiger partial charge in [0.1, 0.15) is 6.54 Å². The van der Waals surface area contributed by atoms with Gasteiger partial charge in [0.05, 0.1) is 23.6 Å². The molecular weight excluding hydrogens is 426 g/mol. The maximum Gasteiger partial charge on any atom is 0.325 e. The molecule has 0 radical (unpaired) electrons. The molecule has 170 valence electrons. The number of benzene rings is 2. The van der Waals surface area contributed by atoms with E-state index in [-0.39, 0.29) is 30.0 Å². The number of aryl methyl sites for hydroxylation is 2. The Morgan fingerprint density at radius 3 is 2.28 bits per heavy atom. The maximum absolute atomic E-state index is 13.4. The standard InChI is InChI=1S/C24H29N3O4S/c1-4-25(13-19-8-6-5-7-9-19)23(28)14-26-21-15-32(30,31)16-22(21)27(24(26)29)20-11-17(2)10-18(3)12-20/h5-12,21-22H,4,13-16H2,1-3H3/t21-,22+/m0/s1. The van der Waals surface area contributed by atoms with Crippen molar-refractivity contribution < 1.29 is 18.0 Å². The average Bonchev–Trinajstić information content (AvgIpc) is 3.16. The number of amides is 3. The lowest BCUT2D eigenvalue weighted by Gasteiger charge is -2.26. The monoisotopic (exact) mass is 455 g/mol. The van der Waals surface area contributed by atoms with Gasteiger partial charge in [0.25, 0.3) is 0 Å². The number of fused-ring (bicyclic) bond motifs is 1. The summed E-state index contributed by atoms with van der Waals surface area (Å²) in [6, 6.07) is 14.2. The van der Waals surface area contributed by atoms with Crippen LogP contribution >= 0.6 is 0 Å². The van der Waals surface area contributed by atoms with Crippen molar-refractivity contribution in [1.82, 2.24) is 9.80 Å². The number of hydrogen-bond donors (Lipinski definition) is 0. The van der Waals surface area contributed by atoms with E-state index in [1.54, 1.807) is 9.80 Å². The van der Waals surface area contributed by atoms with Crippen LogP contribution in [0.3, 0.4) is 0 Å². The Labute approximate surface area is 189 Å². The molecule has 4 rings (SSSR count). The molecule has 2 saturated heterocycles. The van der Waals surface area contributed by atoms with E-state index < -0.39 is 21.9 Å². The third kappa shape index (κ3) is 4.37. The highest BCUT2D eigenvalue weighted by atomic mass is 32.2. The Kier molecular flexibility index (Phi) is 5.99. The van der Waals surface area contributed by atoms with Gasteiger partial charge in [0.15, 0.2) is 9.84 Å². The predicted molar refractivity (Wildman–Crippen MR) is 124 cm³/mol. The highest BCUT2D eigenvalue weighted by molar-refractivity contribution is 7.91. The van der Waals surface area contributed by atoms with Gasteiger partial charge in [0.2, 0.25) is 5.91 Å². The summed E-state index contributed by atoms with van der Waals surface area (Å²) in [5, 5.41) is 0. The van der Waals surface area contributed by atoms with Crippen molar-refractivity contribution in [2.75, 3.05) is 29.5 Å². The summed E-state index contributed by atoms with van der Waals surface area (Å²) in [4.78, 5) is 31.3. The lowest BCUT2D eigenvalue weighted by Crippen LogP contribution is -2.45. The van der Waals surface area contributed by atoms with E-state index in [0.29, 0.717) is 18.8 Å². The van der Waals surface area contributed by atoms with Gasteiger partial charge in [0, 0.05) is 18.8 Å². The second-order valence-corrected chi connectivity index (χ2v) is 10.9. The van der Waals surface area contributed by atoms with E-state index >= 15 is 0 Å². The molecule has 0 aromatic heterocycles. The van der Waals surface area contributed by atoms with Gasteiger partial charge >= 0.3 is 6.03 Å². The number of carbonyl (C=O) groups is 2. The van der Waals surface area contributed by atoms with Crippen molar-refractivity contribution in [3.63, 3.8) is 0 Å². The van der Waals surface area contributed by atoms with Gasteiger partial charge in [-0.25, -0.2) is 13.2 Å². The lowest BCUT2D eigenvalue weighted by atomic mass is 10.1. The van der Waals surface area contributed by atoms with Gasteiger partial charge in [-0.15, -0.1) is 0 Å². The number of anilines is 1. The number of sulfone groups is 1. The van der Waals surface area contributed by atoms with Crippen molar-refractivity contribution in [3.8, 4) is 0 Å². The first-order chi connectivity index (χ1) is 15.2. The first kappa shape index (κ1) is 22.3. The molecule has 2 heterocycles. The molecular formula is C24H29N3O4S. The SMILES string of the molecule is CCN(Cc1ccccc1)C(=O)CN1C(=O)N(c2cc(C)cc(C)c2)[C@@H]2CS(=O)(=O)C[C@@H]21. The van der Waals surface area contributed by atoms with E-state index in [1.165, 1.54) is 4.90 Å². The second kappa shape index (κ2) is 8.58. The van der Waals surface area contributed by atoms with Crippen LogP contribution < -0.4 is 4.90 Å². The molecule has 8 heteroatoms. The zero-order valence-electron chi connectivity index (χ0n) is 18.7. The summed E-state index contributed by atoms with van der Waals surface area (Å²) >= 11 is 0. The fourth-order valence-electron chi connectivity index (χ4n) is 4.78. The molecule has 2 atom stereocenters. The van der Waals surface area contributed by atoms with Gasteiger partial charge in [-0.3, -0.25) is 9.69 Å². The Morgan fingerprint density at radius 2 is 1.66 bits per heavy atom. The van der Waals surface area contributed by atoms with Crippen LogP contribution in [0.5, 0.6) is 0 Å². The zero-order valence-corrected chi connectivity index (χ0v) is 19.5. The minimum Gasteiger partial charge on any atom is -0.337 e. The highest BCUT2D eigenvalue weighted by Gasteiger charge is 2.54. The van der Waals surface area contributed by atoms with Crippen LogP contribution in [0.2, 0.25) is 0 Å². The van der Waals surface area contributed by atoms with E-state index in [4.69, 9.17) is 0 Å². The summed E-state index contributed by atoms with van der Waals surface area (Å²) in [7, 11) is -3.29. The molecule has 2 aromatic carbocycles. The van der Waals surface area contributed by atoms with Crippen LogP contribution in [-0.2, 0) is 21.2 Å². The molecule has 2 aliphatic heterocycles. The number of carbonyl (C=O) groups excluding carboxylic acids is 2. The first-order valence-electron chi connectivity index (χ1n) is 10.9. The minimum atomic E-state index is -3.29. The lowest BCUT2D eigenvalue weighted by molar-refractivity contribution is -0.132. The van der Waals surface area contributed by atoms with Gasteiger partial charge < -0.3 is 9.80 Å². The van der Waals surface area contributed by atoms with Crippen LogP contribution in [-0.4, -0.2) is 66.8 Å². The van der Waals surface area contributed by atoms with Crippen LogP contribution in [0, 0.1) is 13.8 Å². The van der Waals surface area contributed by atoms with Gasteiger partial charge in [-0.2, -0.15) is 0 Å². The molecule has 7 nitrogen and oxygen atoms in total. The van der Waals surface area contributed by atoms with Crippen LogP contribution in [0.25, 0.3) is 0 Å². The number of nitrogens with zero attached hydrogens (tertiary/aromatic N) is 3. The van der Waals surface area contributed by atoms with Gasteiger partial charge in [-0.05, 0) is 49.6 Å². The largest absolute Gasteiger partial charge is 0.337 e. The molecule has 0 N–H and O–H groups in total. The molecule has 0 saturated carbocycles. The van der Waals surface area contributed by atoms with Crippen molar-refractivity contribution in [3.05, 3.63) is 65.2 Å². The molecule has 0 aliphatic carbocycles. The molecule has 3 amide bonds. The second-order valence-electron chi connectivity index (χ2n) is 8.73. The molecule has 2 aliphatic rings. The molecule has 32 heavy (non-hydrogen) atoms. The predicted octanol–water partition coefficient (Wildman–Crippen LogP) is 2.76. The Morgan fingerprint density at radius 1 is 1.03 bits per heavy atom. The Bertz CT molecular complexity index is 1110. The Balaban J connectivity index is 1.60. The summed E-state index contributed by atoms with van der Waals surface area (Å²) in [6.45, 7) is 6.62. The van der Waals surface area contributed by atoms with E-state index in [1.807, 2.05) is 69.3 Å². The minimum absolute atomic E-state index is 0.0808. The third-order valence-corrected chi connectivity index (χ3v) is 7.92. The molecule has 2 aromatic rings.